The van der Waals surface area contributed by atoms with Gasteiger partial charge in [0.05, 0.1) is 6.04 Å². The lowest BCUT2D eigenvalue weighted by Crippen LogP contribution is -2.55. The molecule has 3 aliphatic heterocycles. The van der Waals surface area contributed by atoms with Gasteiger partial charge in [-0.15, -0.1) is 4.28 Å². The summed E-state index contributed by atoms with van der Waals surface area (Å²) in [4.78, 5) is 25.7. The third-order valence-corrected chi connectivity index (χ3v) is 4.61. The number of hydrazine groups is 1. The van der Waals surface area contributed by atoms with E-state index in [9.17, 15) is 18.0 Å². The predicted molar refractivity (Wildman–Crippen MR) is 75.9 cm³/mol. The molecule has 3 atom stereocenters. The molecule has 0 aromatic rings. The number of carbonyl (C=O) groups excluding carboxylic acids is 2. The molecule has 2 bridgehead atoms. The van der Waals surface area contributed by atoms with Crippen molar-refractivity contribution in [1.29, 1.82) is 0 Å². The number of carbonyl (C=O) groups is 2. The second kappa shape index (κ2) is 6.20. The average Bonchev–Trinajstić information content (AvgIpc) is 3.08. The highest BCUT2D eigenvalue weighted by molar-refractivity contribution is 7.80. The fraction of sp³-hybridized carbons (Fsp3) is 0.818. The molecule has 12 heteroatoms. The summed E-state index contributed by atoms with van der Waals surface area (Å²) < 4.78 is 34.7. The molecule has 4 N–H and O–H groups in total. The van der Waals surface area contributed by atoms with Gasteiger partial charge in [-0.25, -0.2) is 10.2 Å². The standard InChI is InChI=1S/C11H19N5O6S/c17-10(14-13-7-3-4-12-5-7)9-2-1-8-6-15(9)11(18)16(8)22-23(19,20)21/h7-9,12-13H,1-6H2,(H,14,17)(H,19,20,21)/t7?,8-,9+/m0/s1. The number of urea groups is 1. The molecule has 23 heavy (non-hydrogen) atoms. The Balaban J connectivity index is 1.60. The summed E-state index contributed by atoms with van der Waals surface area (Å²) in [6.07, 6.45) is 1.69. The highest BCUT2D eigenvalue weighted by Crippen LogP contribution is 2.30. The van der Waals surface area contributed by atoms with Gasteiger partial charge in [0, 0.05) is 19.1 Å². The number of fused-ring (bicyclic) bond motifs is 2. The van der Waals surface area contributed by atoms with Crippen molar-refractivity contribution in [3.63, 3.8) is 0 Å². The normalized spacial score (nSPS) is 30.8. The van der Waals surface area contributed by atoms with Gasteiger partial charge in [0.15, 0.2) is 0 Å². The van der Waals surface area contributed by atoms with Crippen LogP contribution in [0, 0.1) is 0 Å². The summed E-state index contributed by atoms with van der Waals surface area (Å²) in [7, 11) is -4.78. The molecule has 0 aromatic carbocycles. The number of piperidine rings is 1. The summed E-state index contributed by atoms with van der Waals surface area (Å²) >= 11 is 0. The van der Waals surface area contributed by atoms with Crippen LogP contribution in [0.15, 0.2) is 0 Å². The monoisotopic (exact) mass is 349 g/mol. The first kappa shape index (κ1) is 16.4. The van der Waals surface area contributed by atoms with Crippen LogP contribution in [-0.2, 0) is 19.5 Å². The highest BCUT2D eigenvalue weighted by atomic mass is 32.3. The van der Waals surface area contributed by atoms with Crippen molar-refractivity contribution >= 4 is 22.3 Å². The summed E-state index contributed by atoms with van der Waals surface area (Å²) in [5, 5.41) is 3.78. The minimum Gasteiger partial charge on any atom is -0.315 e. The van der Waals surface area contributed by atoms with E-state index in [0.717, 1.165) is 19.5 Å². The average molecular weight is 349 g/mol. The van der Waals surface area contributed by atoms with Gasteiger partial charge in [-0.3, -0.25) is 14.8 Å². The smallest absolute Gasteiger partial charge is 0.315 e. The van der Waals surface area contributed by atoms with Crippen LogP contribution < -0.4 is 16.2 Å². The molecule has 0 saturated carbocycles. The number of hydroxylamine groups is 2. The van der Waals surface area contributed by atoms with Crippen molar-refractivity contribution < 1.29 is 26.8 Å². The Labute approximate surface area is 133 Å². The molecule has 3 heterocycles. The van der Waals surface area contributed by atoms with Crippen LogP contribution in [0.1, 0.15) is 19.3 Å². The van der Waals surface area contributed by atoms with Crippen molar-refractivity contribution in [3.05, 3.63) is 0 Å². The van der Waals surface area contributed by atoms with Crippen LogP contribution in [0.4, 0.5) is 4.79 Å². The third-order valence-electron chi connectivity index (χ3n) is 4.26. The van der Waals surface area contributed by atoms with Gasteiger partial charge < -0.3 is 10.2 Å². The molecule has 0 spiro atoms. The van der Waals surface area contributed by atoms with E-state index < -0.39 is 28.5 Å². The van der Waals surface area contributed by atoms with Crippen molar-refractivity contribution in [2.75, 3.05) is 19.6 Å². The first-order valence-corrected chi connectivity index (χ1v) is 8.74. The zero-order valence-corrected chi connectivity index (χ0v) is 13.1. The fourth-order valence-corrected chi connectivity index (χ4v) is 3.53. The highest BCUT2D eigenvalue weighted by Gasteiger charge is 2.49. The first-order chi connectivity index (χ1) is 10.8. The van der Waals surface area contributed by atoms with Gasteiger partial charge in [0.25, 0.3) is 5.91 Å². The number of nitrogens with zero attached hydrogens (tertiary/aromatic N) is 2. The molecule has 11 nitrogen and oxygen atoms in total. The second-order valence-corrected chi connectivity index (χ2v) is 6.84. The number of hydrogen-bond donors (Lipinski definition) is 4. The maximum atomic E-state index is 12.3. The second-order valence-electron chi connectivity index (χ2n) is 5.83. The molecule has 0 aliphatic carbocycles. The Kier molecular flexibility index (Phi) is 4.42. The van der Waals surface area contributed by atoms with E-state index in [4.69, 9.17) is 4.55 Å². The van der Waals surface area contributed by atoms with Gasteiger partial charge in [0.1, 0.15) is 6.04 Å². The molecule has 130 valence electrons. The summed E-state index contributed by atoms with van der Waals surface area (Å²) in [5.41, 5.74) is 5.53. The lowest BCUT2D eigenvalue weighted by molar-refractivity contribution is -0.127. The summed E-state index contributed by atoms with van der Waals surface area (Å²) in [5.74, 6) is -0.350. The van der Waals surface area contributed by atoms with Crippen LogP contribution >= 0.6 is 0 Å². The SMILES string of the molecule is O=C(NNC1CCNC1)[C@H]1CC[C@H]2CN1C(=O)N2OS(=O)(=O)O. The van der Waals surface area contributed by atoms with E-state index in [0.29, 0.717) is 17.9 Å². The number of nitrogens with one attached hydrogen (secondary N) is 3. The van der Waals surface area contributed by atoms with E-state index in [-0.39, 0.29) is 18.5 Å². The van der Waals surface area contributed by atoms with Crippen molar-refractivity contribution in [2.45, 2.75) is 37.4 Å². The molecular formula is C11H19N5O6S. The Hall–Kier alpha value is -1.47. The Bertz CT molecular complexity index is 592. The fourth-order valence-electron chi connectivity index (χ4n) is 3.14. The molecule has 3 fully saturated rings. The van der Waals surface area contributed by atoms with Crippen molar-refractivity contribution in [3.8, 4) is 0 Å². The minimum absolute atomic E-state index is 0.143. The van der Waals surface area contributed by atoms with Crippen LogP contribution in [-0.4, -0.2) is 72.6 Å². The lowest BCUT2D eigenvalue weighted by Gasteiger charge is -2.29. The third kappa shape index (κ3) is 3.55. The van der Waals surface area contributed by atoms with Crippen molar-refractivity contribution in [1.82, 2.24) is 26.1 Å². The van der Waals surface area contributed by atoms with Crippen LogP contribution in [0.5, 0.6) is 0 Å². The number of rotatable bonds is 5. The maximum absolute atomic E-state index is 12.3. The zero-order chi connectivity index (χ0) is 16.6. The summed E-state index contributed by atoms with van der Waals surface area (Å²) in [6, 6.07) is -1.80. The Morgan fingerprint density at radius 3 is 2.78 bits per heavy atom. The molecule has 0 aromatic heterocycles. The van der Waals surface area contributed by atoms with Gasteiger partial charge in [-0.1, -0.05) is 0 Å². The van der Waals surface area contributed by atoms with E-state index in [1.165, 1.54) is 4.90 Å². The number of amides is 3. The largest absolute Gasteiger partial charge is 0.418 e. The maximum Gasteiger partial charge on any atom is 0.418 e. The first-order valence-electron chi connectivity index (χ1n) is 7.38. The topological polar surface area (TPSA) is 140 Å². The van der Waals surface area contributed by atoms with Crippen molar-refractivity contribution in [2.24, 2.45) is 0 Å². The molecule has 3 rings (SSSR count). The van der Waals surface area contributed by atoms with Gasteiger partial charge >= 0.3 is 16.4 Å². The quantitative estimate of drug-likeness (QED) is 0.329. The molecule has 3 aliphatic rings. The van der Waals surface area contributed by atoms with Crippen LogP contribution in [0.2, 0.25) is 0 Å². The Morgan fingerprint density at radius 2 is 2.13 bits per heavy atom. The lowest BCUT2D eigenvalue weighted by atomic mass is 10.0. The Morgan fingerprint density at radius 1 is 1.35 bits per heavy atom. The van der Waals surface area contributed by atoms with Gasteiger partial charge in [-0.2, -0.15) is 13.5 Å². The molecule has 3 amide bonds. The van der Waals surface area contributed by atoms with Crippen LogP contribution in [0.3, 0.4) is 0 Å². The summed E-state index contributed by atoms with van der Waals surface area (Å²) in [6.45, 7) is 1.81. The number of hydrogen-bond acceptors (Lipinski definition) is 7. The zero-order valence-electron chi connectivity index (χ0n) is 12.3. The van der Waals surface area contributed by atoms with Gasteiger partial charge in [-0.05, 0) is 25.8 Å². The van der Waals surface area contributed by atoms with E-state index in [1.807, 2.05) is 0 Å². The molecule has 3 saturated heterocycles. The van der Waals surface area contributed by atoms with E-state index >= 15 is 0 Å². The molecule has 0 radical (unpaired) electrons. The molecular weight excluding hydrogens is 330 g/mol. The van der Waals surface area contributed by atoms with E-state index in [1.54, 1.807) is 0 Å². The van der Waals surface area contributed by atoms with Gasteiger partial charge in [0.2, 0.25) is 0 Å². The van der Waals surface area contributed by atoms with Crippen LogP contribution in [0.25, 0.3) is 0 Å². The predicted octanol–water partition coefficient (Wildman–Crippen LogP) is -2.03. The molecule has 1 unspecified atom stereocenters. The minimum atomic E-state index is -4.78. The van der Waals surface area contributed by atoms with E-state index in [2.05, 4.69) is 20.5 Å².